The van der Waals surface area contributed by atoms with Crippen molar-refractivity contribution in [2.75, 3.05) is 5.88 Å². The Bertz CT molecular complexity index is 465. The third-order valence-electron chi connectivity index (χ3n) is 4.62. The predicted octanol–water partition coefficient (Wildman–Crippen LogP) is 3.91. The summed E-state index contributed by atoms with van der Waals surface area (Å²) in [7, 11) is 0. The van der Waals surface area contributed by atoms with E-state index in [0.717, 1.165) is 12.8 Å². The number of nitrogens with one attached hydrogen (secondary N) is 1. The molecule has 1 aliphatic carbocycles. The van der Waals surface area contributed by atoms with Crippen LogP contribution in [0.4, 0.5) is 4.79 Å². The van der Waals surface area contributed by atoms with Gasteiger partial charge in [-0.15, -0.1) is 11.8 Å². The highest BCUT2D eigenvalue weighted by Gasteiger charge is 2.49. The van der Waals surface area contributed by atoms with Crippen LogP contribution in [0.1, 0.15) is 73.1 Å². The molecule has 1 atom stereocenters. The molecule has 0 aromatic carbocycles. The Morgan fingerprint density at radius 3 is 2.25 bits per heavy atom. The van der Waals surface area contributed by atoms with Gasteiger partial charge in [0.1, 0.15) is 11.6 Å². The number of hydrogen-bond donors (Lipinski definition) is 1. The zero-order valence-corrected chi connectivity index (χ0v) is 16.5. The summed E-state index contributed by atoms with van der Waals surface area (Å²) in [5.41, 5.74) is -0.559. The summed E-state index contributed by atoms with van der Waals surface area (Å²) in [5.74, 6) is 0.452. The van der Waals surface area contributed by atoms with Gasteiger partial charge in [0.05, 0.1) is 5.88 Å². The van der Waals surface area contributed by atoms with Crippen molar-refractivity contribution in [1.29, 1.82) is 0 Å². The van der Waals surface area contributed by atoms with Gasteiger partial charge < -0.3 is 10.1 Å². The van der Waals surface area contributed by atoms with Crippen molar-refractivity contribution in [2.24, 2.45) is 0 Å². The largest absolute Gasteiger partial charge is 0.444 e. The highest BCUT2D eigenvalue weighted by atomic mass is 32.2. The van der Waals surface area contributed by atoms with E-state index < -0.39 is 17.7 Å². The zero-order valence-electron chi connectivity index (χ0n) is 15.7. The maximum atomic E-state index is 12.9. The quantitative estimate of drug-likeness (QED) is 0.762. The molecular weight excluding hydrogens is 324 g/mol. The van der Waals surface area contributed by atoms with E-state index in [9.17, 15) is 9.59 Å². The minimum absolute atomic E-state index is 0.0391. The van der Waals surface area contributed by atoms with Crippen molar-refractivity contribution in [3.63, 3.8) is 0 Å². The van der Waals surface area contributed by atoms with Gasteiger partial charge in [0, 0.05) is 10.8 Å². The highest BCUT2D eigenvalue weighted by Crippen LogP contribution is 2.40. The molecule has 2 fully saturated rings. The third kappa shape index (κ3) is 5.04. The van der Waals surface area contributed by atoms with E-state index in [1.54, 1.807) is 16.7 Å². The fourth-order valence-electron chi connectivity index (χ4n) is 3.40. The number of carbonyl (C=O) groups excluding carboxylic acids is 2. The lowest BCUT2D eigenvalue weighted by Gasteiger charge is -2.33. The lowest BCUT2D eigenvalue weighted by Crippen LogP contribution is -2.55. The summed E-state index contributed by atoms with van der Waals surface area (Å²) < 4.78 is 5.19. The van der Waals surface area contributed by atoms with Crippen LogP contribution in [-0.2, 0) is 9.53 Å². The van der Waals surface area contributed by atoms with Crippen molar-refractivity contribution in [3.05, 3.63) is 0 Å². The van der Waals surface area contributed by atoms with Crippen molar-refractivity contribution < 1.29 is 14.3 Å². The van der Waals surface area contributed by atoms with Crippen molar-refractivity contribution >= 4 is 23.8 Å². The monoisotopic (exact) mass is 356 g/mol. The molecule has 1 heterocycles. The van der Waals surface area contributed by atoms with E-state index in [1.807, 2.05) is 34.6 Å². The second kappa shape index (κ2) is 7.54. The molecule has 138 valence electrons. The summed E-state index contributed by atoms with van der Waals surface area (Å²) in [5, 5.41) is 3.20. The van der Waals surface area contributed by atoms with Gasteiger partial charge >= 0.3 is 6.09 Å². The molecule has 2 aliphatic rings. The van der Waals surface area contributed by atoms with Crippen LogP contribution in [0, 0.1) is 0 Å². The summed E-state index contributed by atoms with van der Waals surface area (Å²) in [6.45, 7) is 9.60. The first-order chi connectivity index (χ1) is 11.1. The van der Waals surface area contributed by atoms with E-state index in [4.69, 9.17) is 4.74 Å². The van der Waals surface area contributed by atoms with E-state index in [-0.39, 0.29) is 16.7 Å². The Labute approximate surface area is 150 Å². The molecule has 0 bridgehead atoms. The molecule has 1 saturated carbocycles. The SMILES string of the molecule is CC(C)(C)OC(=O)N1CSC(C)(C)[C@H]1C(=O)NC1CCCCCC1. The number of thioether (sulfide) groups is 1. The van der Waals surface area contributed by atoms with Crippen LogP contribution < -0.4 is 5.32 Å². The maximum absolute atomic E-state index is 12.9. The molecule has 5 nitrogen and oxygen atoms in total. The van der Waals surface area contributed by atoms with Gasteiger partial charge in [0.2, 0.25) is 5.91 Å². The minimum atomic E-state index is -0.559. The van der Waals surface area contributed by atoms with Crippen LogP contribution in [0.2, 0.25) is 0 Å². The lowest BCUT2D eigenvalue weighted by atomic mass is 10.00. The number of nitrogens with zero attached hydrogens (tertiary/aromatic N) is 1. The maximum Gasteiger partial charge on any atom is 0.411 e. The fourth-order valence-corrected chi connectivity index (χ4v) is 4.52. The van der Waals surface area contributed by atoms with Crippen molar-refractivity contribution in [1.82, 2.24) is 10.2 Å². The van der Waals surface area contributed by atoms with Gasteiger partial charge in [-0.1, -0.05) is 25.7 Å². The Balaban J connectivity index is 2.07. The molecule has 2 amide bonds. The van der Waals surface area contributed by atoms with E-state index >= 15 is 0 Å². The smallest absolute Gasteiger partial charge is 0.411 e. The first kappa shape index (κ1) is 19.4. The predicted molar refractivity (Wildman–Crippen MR) is 98.0 cm³/mol. The van der Waals surface area contributed by atoms with Crippen LogP contribution in [0.25, 0.3) is 0 Å². The second-order valence-corrected chi connectivity index (χ2v) is 10.0. The molecule has 1 aliphatic heterocycles. The first-order valence-corrected chi connectivity index (χ1v) is 10.0. The van der Waals surface area contributed by atoms with Gasteiger partial charge in [0.25, 0.3) is 0 Å². The summed E-state index contributed by atoms with van der Waals surface area (Å²) in [6, 6.07) is -0.248. The van der Waals surface area contributed by atoms with Crippen LogP contribution >= 0.6 is 11.8 Å². The molecule has 0 unspecified atom stereocenters. The number of rotatable bonds is 2. The number of ether oxygens (including phenoxy) is 1. The summed E-state index contributed by atoms with van der Waals surface area (Å²) >= 11 is 1.63. The van der Waals surface area contributed by atoms with Crippen LogP contribution in [0.15, 0.2) is 0 Å². The molecular formula is C18H32N2O3S. The standard InChI is InChI=1S/C18H32N2O3S/c1-17(2,3)23-16(22)20-12-24-18(4,5)14(20)15(21)19-13-10-8-6-7-9-11-13/h13-14H,6-12H2,1-5H3,(H,19,21)/t14-/m1/s1. The van der Waals surface area contributed by atoms with Gasteiger partial charge in [0.15, 0.2) is 0 Å². The van der Waals surface area contributed by atoms with E-state index in [2.05, 4.69) is 5.32 Å². The van der Waals surface area contributed by atoms with Gasteiger partial charge in [-0.2, -0.15) is 0 Å². The number of hydrogen-bond acceptors (Lipinski definition) is 4. The molecule has 1 N–H and O–H groups in total. The molecule has 0 radical (unpaired) electrons. The molecule has 24 heavy (non-hydrogen) atoms. The van der Waals surface area contributed by atoms with E-state index in [1.165, 1.54) is 25.7 Å². The van der Waals surface area contributed by atoms with Crippen LogP contribution in [-0.4, -0.2) is 45.2 Å². The Morgan fingerprint density at radius 2 is 1.71 bits per heavy atom. The Hall–Kier alpha value is -0.910. The zero-order chi connectivity index (χ0) is 18.0. The second-order valence-electron chi connectivity index (χ2n) is 8.43. The topological polar surface area (TPSA) is 58.6 Å². The van der Waals surface area contributed by atoms with Gasteiger partial charge in [-0.3, -0.25) is 9.69 Å². The molecule has 0 aromatic heterocycles. The molecule has 2 rings (SSSR count). The lowest BCUT2D eigenvalue weighted by molar-refractivity contribution is -0.127. The number of amides is 2. The average molecular weight is 357 g/mol. The van der Waals surface area contributed by atoms with Crippen LogP contribution in [0.5, 0.6) is 0 Å². The van der Waals surface area contributed by atoms with Crippen molar-refractivity contribution in [3.8, 4) is 0 Å². The van der Waals surface area contributed by atoms with E-state index in [0.29, 0.717) is 5.88 Å². The normalized spacial score (nSPS) is 25.2. The molecule has 0 spiro atoms. The first-order valence-electron chi connectivity index (χ1n) is 9.04. The Morgan fingerprint density at radius 1 is 1.12 bits per heavy atom. The van der Waals surface area contributed by atoms with Gasteiger partial charge in [-0.05, 0) is 47.5 Å². The van der Waals surface area contributed by atoms with Crippen LogP contribution in [0.3, 0.4) is 0 Å². The number of carbonyl (C=O) groups is 2. The molecule has 0 aromatic rings. The third-order valence-corrected chi connectivity index (χ3v) is 6.00. The summed E-state index contributed by atoms with van der Waals surface area (Å²) in [6.07, 6.45) is 6.52. The van der Waals surface area contributed by atoms with Crippen molar-refractivity contribution in [2.45, 2.75) is 95.6 Å². The molecule has 6 heteroatoms. The molecule has 1 saturated heterocycles. The minimum Gasteiger partial charge on any atom is -0.444 e. The Kier molecular flexibility index (Phi) is 6.10. The average Bonchev–Trinajstić information content (AvgIpc) is 2.60. The highest BCUT2D eigenvalue weighted by molar-refractivity contribution is 8.00. The summed E-state index contributed by atoms with van der Waals surface area (Å²) in [4.78, 5) is 27.1. The fraction of sp³-hybridized carbons (Fsp3) is 0.889. The van der Waals surface area contributed by atoms with Gasteiger partial charge in [-0.25, -0.2) is 4.79 Å².